The van der Waals surface area contributed by atoms with Crippen molar-refractivity contribution in [3.8, 4) is 11.5 Å². The van der Waals surface area contributed by atoms with Crippen molar-refractivity contribution in [2.24, 2.45) is 0 Å². The van der Waals surface area contributed by atoms with E-state index in [9.17, 15) is 19.6 Å². The Labute approximate surface area is 128 Å². The summed E-state index contributed by atoms with van der Waals surface area (Å²) in [7, 11) is 0. The van der Waals surface area contributed by atoms with Crippen molar-refractivity contribution in [1.82, 2.24) is 0 Å². The topological polar surface area (TPSA) is 72.6 Å². The molecule has 0 unspecified atom stereocenters. The number of nitrogens with zero attached hydrogens (tertiary/aromatic N) is 1. The Hall–Kier alpha value is -1.99. The van der Waals surface area contributed by atoms with Gasteiger partial charge in [0.05, 0.1) is 15.5 Å². The highest BCUT2D eigenvalue weighted by Gasteiger charge is 2.18. The summed E-state index contributed by atoms with van der Waals surface area (Å²) < 4.78 is 19.0. The van der Waals surface area contributed by atoms with E-state index in [1.54, 1.807) is 0 Å². The molecular weight excluding hydrogens is 345 g/mol. The first kappa shape index (κ1) is 15.4. The minimum atomic E-state index is -0.831. The van der Waals surface area contributed by atoms with Crippen molar-refractivity contribution in [1.29, 1.82) is 0 Å². The molecule has 2 aromatic rings. The molecular formula is C14H11BrFNO4. The van der Waals surface area contributed by atoms with E-state index in [2.05, 4.69) is 15.9 Å². The highest BCUT2D eigenvalue weighted by atomic mass is 79.9. The third kappa shape index (κ3) is 3.56. The summed E-state index contributed by atoms with van der Waals surface area (Å²) in [6.45, 7) is 1.50. The quantitative estimate of drug-likeness (QED) is 0.653. The molecule has 0 saturated heterocycles. The SMILES string of the molecule is C[C@H](O)c1ccc(Oc2ccc(Br)c(F)c2)c([N+](=O)[O-])c1. The predicted octanol–water partition coefficient (Wildman–Crippen LogP) is 4.34. The number of nitro benzene ring substituents is 1. The maximum atomic E-state index is 13.4. The highest BCUT2D eigenvalue weighted by Crippen LogP contribution is 2.34. The van der Waals surface area contributed by atoms with E-state index in [0.29, 0.717) is 5.56 Å². The molecule has 2 aromatic carbocycles. The number of nitro groups is 1. The average molecular weight is 356 g/mol. The van der Waals surface area contributed by atoms with E-state index in [1.165, 1.54) is 37.3 Å². The number of aliphatic hydroxyl groups excluding tert-OH is 1. The molecule has 0 saturated carbocycles. The van der Waals surface area contributed by atoms with Gasteiger partial charge in [0.25, 0.3) is 0 Å². The molecule has 1 N–H and O–H groups in total. The standard InChI is InChI=1S/C14H11BrFNO4/c1-8(18)9-2-5-14(13(6-9)17(19)20)21-10-3-4-11(15)12(16)7-10/h2-8,18H,1H3/t8-/m0/s1. The Bertz CT molecular complexity index is 691. The molecule has 110 valence electrons. The lowest BCUT2D eigenvalue weighted by Gasteiger charge is -2.09. The van der Waals surface area contributed by atoms with Crippen LogP contribution in [0.4, 0.5) is 10.1 Å². The second-order valence-electron chi connectivity index (χ2n) is 4.34. The van der Waals surface area contributed by atoms with Gasteiger partial charge < -0.3 is 9.84 Å². The van der Waals surface area contributed by atoms with Gasteiger partial charge in [-0.3, -0.25) is 10.1 Å². The predicted molar refractivity (Wildman–Crippen MR) is 77.9 cm³/mol. The first-order valence-electron chi connectivity index (χ1n) is 5.98. The molecule has 7 heteroatoms. The maximum Gasteiger partial charge on any atom is 0.311 e. The lowest BCUT2D eigenvalue weighted by atomic mass is 10.1. The van der Waals surface area contributed by atoms with Gasteiger partial charge in [-0.2, -0.15) is 0 Å². The highest BCUT2D eigenvalue weighted by molar-refractivity contribution is 9.10. The molecule has 0 radical (unpaired) electrons. The minimum absolute atomic E-state index is 0.0221. The molecule has 0 fully saturated rings. The van der Waals surface area contributed by atoms with Gasteiger partial charge in [0.2, 0.25) is 5.75 Å². The average Bonchev–Trinajstić information content (AvgIpc) is 2.43. The van der Waals surface area contributed by atoms with Gasteiger partial charge in [0, 0.05) is 12.1 Å². The molecule has 0 aliphatic carbocycles. The molecule has 1 atom stereocenters. The summed E-state index contributed by atoms with van der Waals surface area (Å²) in [5.74, 6) is -0.412. The Morgan fingerprint density at radius 2 is 2.05 bits per heavy atom. The largest absolute Gasteiger partial charge is 0.450 e. The van der Waals surface area contributed by atoms with Crippen molar-refractivity contribution >= 4 is 21.6 Å². The molecule has 5 nitrogen and oxygen atoms in total. The van der Waals surface area contributed by atoms with Gasteiger partial charge in [-0.15, -0.1) is 0 Å². The maximum absolute atomic E-state index is 13.4. The number of hydrogen-bond acceptors (Lipinski definition) is 4. The van der Waals surface area contributed by atoms with Crippen LogP contribution in [0.2, 0.25) is 0 Å². The Balaban J connectivity index is 2.39. The van der Waals surface area contributed by atoms with Crippen LogP contribution in [-0.2, 0) is 0 Å². The summed E-state index contributed by atoms with van der Waals surface area (Å²) in [6.07, 6.45) is -0.831. The van der Waals surface area contributed by atoms with Gasteiger partial charge in [0.1, 0.15) is 11.6 Å². The van der Waals surface area contributed by atoms with Crippen molar-refractivity contribution in [3.05, 3.63) is 62.4 Å². The summed E-state index contributed by atoms with van der Waals surface area (Å²) in [6, 6.07) is 8.17. The van der Waals surface area contributed by atoms with E-state index in [-0.39, 0.29) is 21.7 Å². The lowest BCUT2D eigenvalue weighted by Crippen LogP contribution is -1.97. The molecule has 0 aliphatic heterocycles. The molecule has 21 heavy (non-hydrogen) atoms. The van der Waals surface area contributed by atoms with Gasteiger partial charge in [-0.25, -0.2) is 4.39 Å². The van der Waals surface area contributed by atoms with E-state index in [1.807, 2.05) is 0 Å². The Kier molecular flexibility index (Phi) is 4.54. The number of ether oxygens (including phenoxy) is 1. The van der Waals surface area contributed by atoms with E-state index in [4.69, 9.17) is 4.74 Å². The monoisotopic (exact) mass is 355 g/mol. The number of aliphatic hydroxyl groups is 1. The van der Waals surface area contributed by atoms with Crippen LogP contribution >= 0.6 is 15.9 Å². The second kappa shape index (κ2) is 6.19. The van der Waals surface area contributed by atoms with Crippen molar-refractivity contribution in [3.63, 3.8) is 0 Å². The zero-order valence-electron chi connectivity index (χ0n) is 10.9. The zero-order chi connectivity index (χ0) is 15.6. The number of benzene rings is 2. The van der Waals surface area contributed by atoms with Crippen molar-refractivity contribution in [2.75, 3.05) is 0 Å². The van der Waals surface area contributed by atoms with Crippen LogP contribution < -0.4 is 4.74 Å². The van der Waals surface area contributed by atoms with Gasteiger partial charge >= 0.3 is 5.69 Å². The molecule has 0 aromatic heterocycles. The van der Waals surface area contributed by atoms with Crippen LogP contribution in [0.1, 0.15) is 18.6 Å². The number of rotatable bonds is 4. The normalized spacial score (nSPS) is 12.0. The van der Waals surface area contributed by atoms with Gasteiger partial charge in [0.15, 0.2) is 0 Å². The lowest BCUT2D eigenvalue weighted by molar-refractivity contribution is -0.385. The minimum Gasteiger partial charge on any atom is -0.450 e. The Morgan fingerprint density at radius 1 is 1.33 bits per heavy atom. The second-order valence-corrected chi connectivity index (χ2v) is 5.19. The Morgan fingerprint density at radius 3 is 2.62 bits per heavy atom. The van der Waals surface area contributed by atoms with E-state index in [0.717, 1.165) is 6.07 Å². The van der Waals surface area contributed by atoms with Crippen LogP contribution in [0.15, 0.2) is 40.9 Å². The van der Waals surface area contributed by atoms with Gasteiger partial charge in [-0.1, -0.05) is 6.07 Å². The summed E-state index contributed by atoms with van der Waals surface area (Å²) in [5, 5.41) is 20.5. The summed E-state index contributed by atoms with van der Waals surface area (Å²) in [4.78, 5) is 10.5. The smallest absolute Gasteiger partial charge is 0.311 e. The van der Waals surface area contributed by atoms with Crippen LogP contribution in [0.25, 0.3) is 0 Å². The molecule has 0 aliphatic rings. The fourth-order valence-electron chi connectivity index (χ4n) is 1.69. The first-order valence-corrected chi connectivity index (χ1v) is 6.77. The van der Waals surface area contributed by atoms with Crippen LogP contribution in [0.5, 0.6) is 11.5 Å². The van der Waals surface area contributed by atoms with Crippen LogP contribution in [0.3, 0.4) is 0 Å². The van der Waals surface area contributed by atoms with E-state index < -0.39 is 16.8 Å². The molecule has 0 heterocycles. The summed E-state index contributed by atoms with van der Waals surface area (Å²) >= 11 is 3.01. The number of hydrogen-bond donors (Lipinski definition) is 1. The number of halogens is 2. The zero-order valence-corrected chi connectivity index (χ0v) is 12.5. The molecule has 0 bridgehead atoms. The third-order valence-electron chi connectivity index (χ3n) is 2.78. The molecule has 0 spiro atoms. The van der Waals surface area contributed by atoms with Crippen molar-refractivity contribution in [2.45, 2.75) is 13.0 Å². The first-order chi connectivity index (χ1) is 9.88. The van der Waals surface area contributed by atoms with Gasteiger partial charge in [-0.05, 0) is 46.6 Å². The third-order valence-corrected chi connectivity index (χ3v) is 3.42. The van der Waals surface area contributed by atoms with Crippen LogP contribution in [0, 0.1) is 15.9 Å². The molecule has 2 rings (SSSR count). The fraction of sp³-hybridized carbons (Fsp3) is 0.143. The summed E-state index contributed by atoms with van der Waals surface area (Å²) in [5.41, 5.74) is 0.104. The van der Waals surface area contributed by atoms with Crippen molar-refractivity contribution < 1.29 is 19.2 Å². The molecule has 0 amide bonds. The fourth-order valence-corrected chi connectivity index (χ4v) is 1.94. The van der Waals surface area contributed by atoms with Crippen LogP contribution in [-0.4, -0.2) is 10.0 Å². The van der Waals surface area contributed by atoms with E-state index >= 15 is 0 Å².